The monoisotopic (exact) mass is 433 g/mol. The SMILES string of the molecule is CCN(CC)CC.Nc1ccc(Cl)c(C(=O)Nc2ccc(F)cc2C(F)(F)F)c1. The summed E-state index contributed by atoms with van der Waals surface area (Å²) < 4.78 is 51.6. The van der Waals surface area contributed by atoms with Crippen LogP contribution in [0.3, 0.4) is 0 Å². The molecule has 29 heavy (non-hydrogen) atoms. The van der Waals surface area contributed by atoms with Gasteiger partial charge < -0.3 is 16.0 Å². The second-order valence-electron chi connectivity index (χ2n) is 6.00. The van der Waals surface area contributed by atoms with Crippen molar-refractivity contribution >= 4 is 28.9 Å². The van der Waals surface area contributed by atoms with E-state index in [-0.39, 0.29) is 16.3 Å². The molecule has 2 aromatic carbocycles. The molecule has 0 bridgehead atoms. The third-order valence-corrected chi connectivity index (χ3v) is 4.44. The van der Waals surface area contributed by atoms with E-state index in [9.17, 15) is 22.4 Å². The van der Waals surface area contributed by atoms with Crippen molar-refractivity contribution in [2.45, 2.75) is 26.9 Å². The third kappa shape index (κ3) is 7.55. The van der Waals surface area contributed by atoms with Crippen LogP contribution in [0.15, 0.2) is 36.4 Å². The van der Waals surface area contributed by atoms with Gasteiger partial charge in [0.25, 0.3) is 5.91 Å². The summed E-state index contributed by atoms with van der Waals surface area (Å²) in [6.07, 6.45) is -4.82. The molecule has 0 aliphatic rings. The lowest BCUT2D eigenvalue weighted by molar-refractivity contribution is -0.137. The molecular formula is C20H24ClF4N3O. The van der Waals surface area contributed by atoms with Crippen LogP contribution in [0.4, 0.5) is 28.9 Å². The van der Waals surface area contributed by atoms with E-state index in [0.717, 1.165) is 12.1 Å². The average molecular weight is 434 g/mol. The Kier molecular flexibility index (Phi) is 9.39. The van der Waals surface area contributed by atoms with Gasteiger partial charge in [0.15, 0.2) is 0 Å². The fourth-order valence-corrected chi connectivity index (χ4v) is 2.64. The van der Waals surface area contributed by atoms with Crippen molar-refractivity contribution in [3.8, 4) is 0 Å². The van der Waals surface area contributed by atoms with Crippen molar-refractivity contribution in [1.82, 2.24) is 4.90 Å². The number of carbonyl (C=O) groups is 1. The van der Waals surface area contributed by atoms with Crippen molar-refractivity contribution in [1.29, 1.82) is 0 Å². The van der Waals surface area contributed by atoms with Crippen molar-refractivity contribution < 1.29 is 22.4 Å². The standard InChI is InChI=1S/C14H9ClF4N2O.C6H15N/c15-11-3-2-8(20)6-9(11)13(22)21-12-4-1-7(16)5-10(12)14(17,18)19;1-4-7(5-2)6-3/h1-6H,20H2,(H,21,22);4-6H2,1-3H3. The van der Waals surface area contributed by atoms with E-state index in [1.54, 1.807) is 0 Å². The van der Waals surface area contributed by atoms with Crippen molar-refractivity contribution in [2.24, 2.45) is 0 Å². The minimum atomic E-state index is -4.82. The van der Waals surface area contributed by atoms with Gasteiger partial charge in [-0.15, -0.1) is 0 Å². The highest BCUT2D eigenvalue weighted by molar-refractivity contribution is 6.34. The summed E-state index contributed by atoms with van der Waals surface area (Å²) in [6.45, 7) is 10.1. The molecule has 0 saturated carbocycles. The average Bonchev–Trinajstić information content (AvgIpc) is 2.66. The van der Waals surface area contributed by atoms with E-state index in [0.29, 0.717) is 6.07 Å². The highest BCUT2D eigenvalue weighted by atomic mass is 35.5. The largest absolute Gasteiger partial charge is 0.418 e. The van der Waals surface area contributed by atoms with Crippen LogP contribution in [0.5, 0.6) is 0 Å². The zero-order chi connectivity index (χ0) is 22.2. The molecule has 0 fully saturated rings. The van der Waals surface area contributed by atoms with Crippen LogP contribution in [0.25, 0.3) is 0 Å². The first-order valence-electron chi connectivity index (χ1n) is 8.98. The molecule has 0 unspecified atom stereocenters. The van der Waals surface area contributed by atoms with Crippen LogP contribution in [0, 0.1) is 5.82 Å². The number of nitrogens with one attached hydrogen (secondary N) is 1. The molecule has 4 nitrogen and oxygen atoms in total. The molecule has 0 aliphatic heterocycles. The molecule has 3 N–H and O–H groups in total. The molecule has 0 atom stereocenters. The molecule has 2 aromatic rings. The topological polar surface area (TPSA) is 58.4 Å². The Morgan fingerprint density at radius 2 is 1.66 bits per heavy atom. The lowest BCUT2D eigenvalue weighted by atomic mass is 10.1. The highest BCUT2D eigenvalue weighted by Crippen LogP contribution is 2.35. The first-order chi connectivity index (χ1) is 13.5. The molecule has 0 spiro atoms. The van der Waals surface area contributed by atoms with E-state index in [4.69, 9.17) is 17.3 Å². The second kappa shape index (κ2) is 11.0. The van der Waals surface area contributed by atoms with Gasteiger partial charge in [0, 0.05) is 5.69 Å². The second-order valence-corrected chi connectivity index (χ2v) is 6.41. The number of nitrogens with two attached hydrogens (primary N) is 1. The van der Waals surface area contributed by atoms with Crippen LogP contribution in [0.2, 0.25) is 5.02 Å². The van der Waals surface area contributed by atoms with Crippen molar-refractivity contribution in [3.63, 3.8) is 0 Å². The maximum absolute atomic E-state index is 13.0. The van der Waals surface area contributed by atoms with Crippen LogP contribution >= 0.6 is 11.6 Å². The first-order valence-corrected chi connectivity index (χ1v) is 9.36. The van der Waals surface area contributed by atoms with Gasteiger partial charge in [-0.05, 0) is 56.0 Å². The molecular weight excluding hydrogens is 410 g/mol. The van der Waals surface area contributed by atoms with Crippen LogP contribution in [-0.4, -0.2) is 30.4 Å². The smallest absolute Gasteiger partial charge is 0.399 e. The number of anilines is 2. The van der Waals surface area contributed by atoms with E-state index < -0.39 is 29.2 Å². The summed E-state index contributed by atoms with van der Waals surface area (Å²) in [6, 6.07) is 5.96. The summed E-state index contributed by atoms with van der Waals surface area (Å²) in [5.41, 5.74) is 3.79. The van der Waals surface area contributed by atoms with E-state index in [1.807, 2.05) is 0 Å². The fraction of sp³-hybridized carbons (Fsp3) is 0.350. The molecule has 160 valence electrons. The quantitative estimate of drug-likeness (QED) is 0.471. The summed E-state index contributed by atoms with van der Waals surface area (Å²) in [5, 5.41) is 2.09. The fourth-order valence-electron chi connectivity index (χ4n) is 2.44. The van der Waals surface area contributed by atoms with E-state index >= 15 is 0 Å². The number of rotatable bonds is 5. The predicted octanol–water partition coefficient (Wildman–Crippen LogP) is 5.68. The zero-order valence-corrected chi connectivity index (χ0v) is 17.2. The van der Waals surface area contributed by atoms with Gasteiger partial charge >= 0.3 is 6.18 Å². The summed E-state index contributed by atoms with van der Waals surface area (Å²) in [5.74, 6) is -1.94. The molecule has 9 heteroatoms. The van der Waals surface area contributed by atoms with E-state index in [2.05, 4.69) is 31.0 Å². The maximum Gasteiger partial charge on any atom is 0.418 e. The lowest BCUT2D eigenvalue weighted by Gasteiger charge is -2.14. The molecule has 0 aliphatic carbocycles. The van der Waals surface area contributed by atoms with Crippen LogP contribution in [0.1, 0.15) is 36.7 Å². The molecule has 1 amide bonds. The Hall–Kier alpha value is -2.32. The molecule has 0 radical (unpaired) electrons. The third-order valence-electron chi connectivity index (χ3n) is 4.11. The van der Waals surface area contributed by atoms with Crippen LogP contribution in [-0.2, 0) is 6.18 Å². The molecule has 0 heterocycles. The highest BCUT2D eigenvalue weighted by Gasteiger charge is 2.34. The normalized spacial score (nSPS) is 11.1. The summed E-state index contributed by atoms with van der Waals surface area (Å²) >= 11 is 5.81. The molecule has 0 saturated heterocycles. The number of amides is 1. The Balaban J connectivity index is 0.000000516. The van der Waals surface area contributed by atoms with Gasteiger partial charge in [0.2, 0.25) is 0 Å². The Bertz CT molecular complexity index is 818. The van der Waals surface area contributed by atoms with Crippen molar-refractivity contribution in [3.05, 3.63) is 58.4 Å². The summed E-state index contributed by atoms with van der Waals surface area (Å²) in [4.78, 5) is 14.4. The van der Waals surface area contributed by atoms with Gasteiger partial charge in [-0.3, -0.25) is 4.79 Å². The number of hydrogen-bond acceptors (Lipinski definition) is 3. The Labute approximate surface area is 172 Å². The minimum absolute atomic E-state index is 0.0300. The number of nitrogen functional groups attached to an aromatic ring is 1. The zero-order valence-electron chi connectivity index (χ0n) is 16.4. The number of alkyl halides is 3. The number of halogens is 5. The number of carbonyl (C=O) groups excluding carboxylic acids is 1. The number of hydrogen-bond donors (Lipinski definition) is 2. The Morgan fingerprint density at radius 3 is 2.14 bits per heavy atom. The predicted molar refractivity (Wildman–Crippen MR) is 109 cm³/mol. The molecule has 0 aromatic heterocycles. The maximum atomic E-state index is 13.0. The first kappa shape index (κ1) is 24.7. The van der Waals surface area contributed by atoms with Gasteiger partial charge in [-0.2, -0.15) is 13.2 Å². The Morgan fingerprint density at radius 1 is 1.07 bits per heavy atom. The molecule has 2 rings (SSSR count). The van der Waals surface area contributed by atoms with Gasteiger partial charge in [-0.25, -0.2) is 4.39 Å². The van der Waals surface area contributed by atoms with Gasteiger partial charge in [0.1, 0.15) is 5.82 Å². The van der Waals surface area contributed by atoms with E-state index in [1.165, 1.54) is 37.8 Å². The number of benzene rings is 2. The summed E-state index contributed by atoms with van der Waals surface area (Å²) in [7, 11) is 0. The number of nitrogens with zero attached hydrogens (tertiary/aromatic N) is 1. The minimum Gasteiger partial charge on any atom is -0.399 e. The van der Waals surface area contributed by atoms with Crippen LogP contribution < -0.4 is 11.1 Å². The van der Waals surface area contributed by atoms with Gasteiger partial charge in [0.05, 0.1) is 21.8 Å². The van der Waals surface area contributed by atoms with Gasteiger partial charge in [-0.1, -0.05) is 32.4 Å². The van der Waals surface area contributed by atoms with Crippen molar-refractivity contribution in [2.75, 3.05) is 30.7 Å². The lowest BCUT2D eigenvalue weighted by Crippen LogP contribution is -2.21.